The summed E-state index contributed by atoms with van der Waals surface area (Å²) >= 11 is 0. The molecule has 0 radical (unpaired) electrons. The normalized spacial score (nSPS) is 11.3. The minimum Gasteiger partial charge on any atom is -0.481 e. The van der Waals surface area contributed by atoms with Gasteiger partial charge in [-0.1, -0.05) is 43.0 Å². The van der Waals surface area contributed by atoms with Crippen molar-refractivity contribution < 1.29 is 18.7 Å². The zero-order chi connectivity index (χ0) is 26.1. The number of hydrogen-bond acceptors (Lipinski definition) is 5. The van der Waals surface area contributed by atoms with Crippen LogP contribution in [-0.2, 0) is 16.1 Å². The smallest absolute Gasteiger partial charge is 0.254 e. The number of carbonyl (C=O) groups excluding carboxylic acids is 1. The fourth-order valence-electron chi connectivity index (χ4n) is 3.83. The van der Waals surface area contributed by atoms with Gasteiger partial charge in [-0.25, -0.2) is 9.38 Å². The van der Waals surface area contributed by atoms with E-state index >= 15 is 0 Å². The highest BCUT2D eigenvalue weighted by molar-refractivity contribution is 5.98. The van der Waals surface area contributed by atoms with Crippen molar-refractivity contribution in [2.24, 2.45) is 4.99 Å². The standard InChI is InChI=1S/C29H32FN3O3/c1-19-8-6-7-9-24(19)25-12-11-22(16-23(25)18-35-4)29(36-5)33-20(2)21-10-13-26(27(30)17-21)28(34)32-15-14-31-3/h6-13,16-17,31H,2,14-15,18H2,1,3-5H3,(H,32,34). The third kappa shape index (κ3) is 6.44. The fourth-order valence-corrected chi connectivity index (χ4v) is 3.83. The third-order valence-electron chi connectivity index (χ3n) is 5.72. The molecule has 36 heavy (non-hydrogen) atoms. The van der Waals surface area contributed by atoms with Crippen LogP contribution >= 0.6 is 0 Å². The molecule has 0 bridgehead atoms. The molecular weight excluding hydrogens is 457 g/mol. The Bertz CT molecular complexity index is 1270. The van der Waals surface area contributed by atoms with Crippen molar-refractivity contribution in [3.63, 3.8) is 0 Å². The number of benzene rings is 3. The molecule has 0 aliphatic rings. The largest absolute Gasteiger partial charge is 0.481 e. The summed E-state index contributed by atoms with van der Waals surface area (Å²) in [5.74, 6) is -0.780. The average Bonchev–Trinajstić information content (AvgIpc) is 2.87. The Morgan fingerprint density at radius 1 is 1.00 bits per heavy atom. The van der Waals surface area contributed by atoms with Gasteiger partial charge in [-0.2, -0.15) is 0 Å². The van der Waals surface area contributed by atoms with Gasteiger partial charge in [-0.3, -0.25) is 4.79 Å². The SMILES string of the molecule is C=C(N=C(OC)c1ccc(-c2ccccc2C)c(COC)c1)c1ccc(C(=O)NCCNC)c(F)c1. The number of halogens is 1. The van der Waals surface area contributed by atoms with Crippen LogP contribution in [0.4, 0.5) is 4.39 Å². The van der Waals surface area contributed by atoms with E-state index in [9.17, 15) is 9.18 Å². The predicted octanol–water partition coefficient (Wildman–Crippen LogP) is 4.96. The van der Waals surface area contributed by atoms with Gasteiger partial charge in [0.05, 0.1) is 25.0 Å². The highest BCUT2D eigenvalue weighted by atomic mass is 19.1. The van der Waals surface area contributed by atoms with E-state index in [0.29, 0.717) is 36.9 Å². The molecule has 7 heteroatoms. The highest BCUT2D eigenvalue weighted by Crippen LogP contribution is 2.29. The van der Waals surface area contributed by atoms with E-state index in [2.05, 4.69) is 41.3 Å². The molecule has 0 unspecified atom stereocenters. The topological polar surface area (TPSA) is 72.0 Å². The quantitative estimate of drug-likeness (QED) is 0.240. The summed E-state index contributed by atoms with van der Waals surface area (Å²) in [6.45, 7) is 7.46. The minimum atomic E-state index is -0.644. The molecule has 0 saturated heterocycles. The number of aliphatic imine (C=N–C) groups is 1. The van der Waals surface area contributed by atoms with E-state index in [1.807, 2.05) is 30.3 Å². The summed E-state index contributed by atoms with van der Waals surface area (Å²) in [6, 6.07) is 18.4. The lowest BCUT2D eigenvalue weighted by atomic mass is 9.94. The molecule has 188 valence electrons. The molecule has 0 saturated carbocycles. The van der Waals surface area contributed by atoms with Gasteiger partial charge in [0.25, 0.3) is 5.91 Å². The number of hydrogen-bond donors (Lipinski definition) is 2. The molecule has 0 aliphatic heterocycles. The summed E-state index contributed by atoms with van der Waals surface area (Å²) in [6.07, 6.45) is 0. The highest BCUT2D eigenvalue weighted by Gasteiger charge is 2.15. The number of nitrogens with zero attached hydrogens (tertiary/aromatic N) is 1. The lowest BCUT2D eigenvalue weighted by Gasteiger charge is -2.14. The lowest BCUT2D eigenvalue weighted by Crippen LogP contribution is -2.30. The van der Waals surface area contributed by atoms with Gasteiger partial charge in [0, 0.05) is 31.3 Å². The second-order valence-electron chi connectivity index (χ2n) is 8.24. The Labute approximate surface area is 211 Å². The van der Waals surface area contributed by atoms with E-state index in [1.54, 1.807) is 20.2 Å². The van der Waals surface area contributed by atoms with Crippen LogP contribution in [0.1, 0.15) is 32.6 Å². The maximum Gasteiger partial charge on any atom is 0.254 e. The van der Waals surface area contributed by atoms with Crippen molar-refractivity contribution in [1.82, 2.24) is 10.6 Å². The molecule has 6 nitrogen and oxygen atoms in total. The molecule has 1 amide bonds. The van der Waals surface area contributed by atoms with Gasteiger partial charge < -0.3 is 20.1 Å². The van der Waals surface area contributed by atoms with Crippen LogP contribution < -0.4 is 10.6 Å². The predicted molar refractivity (Wildman–Crippen MR) is 143 cm³/mol. The first kappa shape index (κ1) is 26.8. The van der Waals surface area contributed by atoms with Crippen molar-refractivity contribution in [2.75, 3.05) is 34.4 Å². The first-order valence-electron chi connectivity index (χ1n) is 11.6. The van der Waals surface area contributed by atoms with Crippen LogP contribution in [0.25, 0.3) is 16.8 Å². The van der Waals surface area contributed by atoms with Gasteiger partial charge in [0.2, 0.25) is 5.90 Å². The van der Waals surface area contributed by atoms with Gasteiger partial charge in [0.15, 0.2) is 0 Å². The molecule has 2 N–H and O–H groups in total. The van der Waals surface area contributed by atoms with E-state index in [-0.39, 0.29) is 5.56 Å². The summed E-state index contributed by atoms with van der Waals surface area (Å²) in [4.78, 5) is 16.7. The zero-order valence-corrected chi connectivity index (χ0v) is 21.2. The Morgan fingerprint density at radius 3 is 2.42 bits per heavy atom. The van der Waals surface area contributed by atoms with Crippen LogP contribution in [0.5, 0.6) is 0 Å². The second kappa shape index (κ2) is 12.8. The number of aryl methyl sites for hydroxylation is 1. The number of methoxy groups -OCH3 is 2. The first-order valence-corrected chi connectivity index (χ1v) is 11.6. The monoisotopic (exact) mass is 489 g/mol. The van der Waals surface area contributed by atoms with E-state index in [4.69, 9.17) is 9.47 Å². The third-order valence-corrected chi connectivity index (χ3v) is 5.72. The maximum absolute atomic E-state index is 14.7. The van der Waals surface area contributed by atoms with Crippen LogP contribution in [0.15, 0.2) is 72.2 Å². The zero-order valence-electron chi connectivity index (χ0n) is 21.2. The molecule has 0 fully saturated rings. The van der Waals surface area contributed by atoms with Crippen LogP contribution in [0.2, 0.25) is 0 Å². The maximum atomic E-state index is 14.7. The molecular formula is C29H32FN3O3. The average molecular weight is 490 g/mol. The Morgan fingerprint density at radius 2 is 1.75 bits per heavy atom. The summed E-state index contributed by atoms with van der Waals surface area (Å²) in [5, 5.41) is 5.59. The van der Waals surface area contributed by atoms with Gasteiger partial charge in [-0.05, 0) is 60.5 Å². The first-order chi connectivity index (χ1) is 17.4. The van der Waals surface area contributed by atoms with Crippen molar-refractivity contribution in [1.29, 1.82) is 0 Å². The molecule has 3 aromatic rings. The second-order valence-corrected chi connectivity index (χ2v) is 8.24. The molecule has 0 heterocycles. The lowest BCUT2D eigenvalue weighted by molar-refractivity contribution is 0.0950. The van der Waals surface area contributed by atoms with Crippen molar-refractivity contribution in [3.8, 4) is 11.1 Å². The van der Waals surface area contributed by atoms with Crippen LogP contribution in [0, 0.1) is 12.7 Å². The molecule has 0 aliphatic carbocycles. The van der Waals surface area contributed by atoms with E-state index in [1.165, 1.54) is 19.2 Å². The van der Waals surface area contributed by atoms with Crippen molar-refractivity contribution >= 4 is 17.5 Å². The number of carbonyl (C=O) groups is 1. The Kier molecular flexibility index (Phi) is 9.50. The number of ether oxygens (including phenoxy) is 2. The van der Waals surface area contributed by atoms with Gasteiger partial charge >= 0.3 is 0 Å². The number of rotatable bonds is 10. The molecule has 0 aromatic heterocycles. The number of nitrogens with one attached hydrogen (secondary N) is 2. The molecule has 3 aromatic carbocycles. The summed E-state index contributed by atoms with van der Waals surface area (Å²) < 4.78 is 25.7. The molecule has 0 atom stereocenters. The Balaban J connectivity index is 1.89. The molecule has 3 rings (SSSR count). The minimum absolute atomic E-state index is 0.0328. The summed E-state index contributed by atoms with van der Waals surface area (Å²) in [5.41, 5.74) is 5.81. The van der Waals surface area contributed by atoms with Crippen molar-refractivity contribution in [3.05, 3.63) is 101 Å². The summed E-state index contributed by atoms with van der Waals surface area (Å²) in [7, 11) is 4.95. The fraction of sp³-hybridized carbons (Fsp3) is 0.241. The van der Waals surface area contributed by atoms with Crippen molar-refractivity contribution in [2.45, 2.75) is 13.5 Å². The van der Waals surface area contributed by atoms with Gasteiger partial charge in [0.1, 0.15) is 5.82 Å². The van der Waals surface area contributed by atoms with Crippen LogP contribution in [-0.4, -0.2) is 46.2 Å². The number of amides is 1. The van der Waals surface area contributed by atoms with E-state index in [0.717, 1.165) is 27.8 Å². The van der Waals surface area contributed by atoms with Gasteiger partial charge in [-0.15, -0.1) is 0 Å². The molecule has 0 spiro atoms. The van der Waals surface area contributed by atoms with E-state index < -0.39 is 11.7 Å². The Hall–Kier alpha value is -3.81. The van der Waals surface area contributed by atoms with Crippen LogP contribution in [0.3, 0.4) is 0 Å². The number of likely N-dealkylation sites (N-methyl/N-ethyl adjacent to an activating group) is 1.